The maximum absolute atomic E-state index is 14.4. The van der Waals surface area contributed by atoms with E-state index in [4.69, 9.17) is 23.9 Å². The van der Waals surface area contributed by atoms with Crippen LogP contribution >= 0.6 is 0 Å². The normalized spacial score (nSPS) is 34.8. The summed E-state index contributed by atoms with van der Waals surface area (Å²) in [4.78, 5) is 45.4. The van der Waals surface area contributed by atoms with Crippen LogP contribution in [0, 0.1) is 30.6 Å². The van der Waals surface area contributed by atoms with Crippen molar-refractivity contribution >= 4 is 29.1 Å². The van der Waals surface area contributed by atoms with E-state index in [-0.39, 0.29) is 56.4 Å². The van der Waals surface area contributed by atoms with Gasteiger partial charge in [0, 0.05) is 67.9 Å². The molecule has 3 aliphatic heterocycles. The van der Waals surface area contributed by atoms with Gasteiger partial charge in [-0.25, -0.2) is 0 Å². The molecular weight excluding hydrogens is 724 g/mol. The number of allylic oxidation sites excluding steroid dienone is 4. The third-order valence-corrected chi connectivity index (χ3v) is 11.2. The third-order valence-electron chi connectivity index (χ3n) is 11.2. The monoisotopic (exact) mass is 778 g/mol. The third kappa shape index (κ3) is 7.59. The topological polar surface area (TPSA) is 218 Å². The van der Waals surface area contributed by atoms with Crippen LogP contribution in [-0.2, 0) is 23.8 Å². The lowest BCUT2D eigenvalue weighted by Gasteiger charge is -2.38. The molecule has 9 atom stereocenters. The molecule has 5 rings (SSSR count). The summed E-state index contributed by atoms with van der Waals surface area (Å²) in [5.74, 6) is -6.39. The van der Waals surface area contributed by atoms with Gasteiger partial charge in [-0.3, -0.25) is 19.4 Å². The van der Waals surface area contributed by atoms with Crippen LogP contribution in [0.2, 0.25) is 0 Å². The van der Waals surface area contributed by atoms with Gasteiger partial charge in [0.15, 0.2) is 5.71 Å². The standard InChI is InChI=1S/C41H54N4O11/c1-18-13-12-14-19(2)39(51)43-31-30-29(44-40(8,9)17-42-30)26-27(35(31)50)34(49)23(6)37-28(26)38(45-52)41(10,56-37)54-16-15-25(53-11)20(3)36(55-24(7)46)22(5)33(48)21(4)32(18)47/h12-16,18,20-22,25,32-33,36,42,47-49,52H,17H2,1-11H3,(H,43,51)/b13-12+,16-15+,19-14-,45-38-/t18-,20+,21+,22+,25-,32-,33+,36+,41-/m0/s1. The van der Waals surface area contributed by atoms with Gasteiger partial charge in [0.1, 0.15) is 23.3 Å². The zero-order valence-corrected chi connectivity index (χ0v) is 33.8. The van der Waals surface area contributed by atoms with Gasteiger partial charge in [0.05, 0.1) is 52.6 Å². The highest BCUT2D eigenvalue weighted by atomic mass is 16.7. The molecule has 0 radical (unpaired) electrons. The van der Waals surface area contributed by atoms with Crippen LogP contribution in [0.1, 0.15) is 89.4 Å². The number of benzene rings is 1. The van der Waals surface area contributed by atoms with Crippen LogP contribution in [0.25, 0.3) is 0 Å². The van der Waals surface area contributed by atoms with E-state index in [2.05, 4.69) is 15.8 Å². The molecule has 1 amide bonds. The number of fused-ring (bicyclic) bond motifs is 3. The summed E-state index contributed by atoms with van der Waals surface area (Å²) in [6.07, 6.45) is 3.92. The van der Waals surface area contributed by atoms with Gasteiger partial charge in [-0.05, 0) is 33.8 Å². The molecular formula is C41H54N4O11. The number of esters is 1. The van der Waals surface area contributed by atoms with E-state index >= 15 is 0 Å². The fourth-order valence-electron chi connectivity index (χ4n) is 7.79. The molecule has 0 unspecified atom stereocenters. The van der Waals surface area contributed by atoms with Crippen molar-refractivity contribution in [3.05, 3.63) is 69.8 Å². The maximum Gasteiger partial charge on any atom is 0.302 e. The first kappa shape index (κ1) is 42.2. The second-order valence-corrected chi connectivity index (χ2v) is 16.0. The molecule has 1 aliphatic carbocycles. The highest BCUT2D eigenvalue weighted by Crippen LogP contribution is 2.49. The molecule has 1 aromatic carbocycles. The Balaban J connectivity index is 1.71. The van der Waals surface area contributed by atoms with E-state index in [0.29, 0.717) is 6.54 Å². The molecule has 15 nitrogen and oxygen atoms in total. The van der Waals surface area contributed by atoms with Crippen molar-refractivity contribution in [1.82, 2.24) is 10.6 Å². The number of hydrogen-bond donors (Lipinski definition) is 6. The molecule has 4 aliphatic rings. The quantitative estimate of drug-likeness (QED) is 0.143. The largest absolute Gasteiger partial charge is 0.507 e. The zero-order chi connectivity index (χ0) is 41.6. The van der Waals surface area contributed by atoms with Gasteiger partial charge in [-0.1, -0.05) is 51.1 Å². The number of amides is 1. The molecule has 56 heavy (non-hydrogen) atoms. The van der Waals surface area contributed by atoms with Crippen molar-refractivity contribution in [1.29, 1.82) is 0 Å². The van der Waals surface area contributed by atoms with Crippen LogP contribution < -0.4 is 15.4 Å². The Morgan fingerprint density at radius 1 is 0.982 bits per heavy atom. The number of nitrogens with zero attached hydrogens (tertiary/aromatic N) is 2. The average molecular weight is 779 g/mol. The van der Waals surface area contributed by atoms with Crippen molar-refractivity contribution in [2.24, 2.45) is 33.8 Å². The van der Waals surface area contributed by atoms with Crippen molar-refractivity contribution in [2.45, 2.75) is 105 Å². The summed E-state index contributed by atoms with van der Waals surface area (Å²) in [7, 11) is 1.46. The van der Waals surface area contributed by atoms with Gasteiger partial charge in [-0.2, -0.15) is 0 Å². The molecule has 1 aromatic rings. The lowest BCUT2D eigenvalue weighted by molar-refractivity contribution is -0.160. The molecule has 5 bridgehead atoms. The van der Waals surface area contributed by atoms with Gasteiger partial charge >= 0.3 is 5.97 Å². The second kappa shape index (κ2) is 15.9. The number of ether oxygens (including phenoxy) is 4. The molecule has 0 aromatic heterocycles. The Labute approximate surface area is 326 Å². The number of rotatable bonds is 2. The number of phenols is 1. The first-order chi connectivity index (χ1) is 26.2. The summed E-state index contributed by atoms with van der Waals surface area (Å²) in [5, 5.41) is 54.7. The highest BCUT2D eigenvalue weighted by Gasteiger charge is 2.52. The Morgan fingerprint density at radius 2 is 1.66 bits per heavy atom. The molecule has 0 fully saturated rings. The highest BCUT2D eigenvalue weighted by molar-refractivity contribution is 6.34. The van der Waals surface area contributed by atoms with E-state index in [1.165, 1.54) is 33.3 Å². The number of hydrogen-bond acceptors (Lipinski definition) is 14. The molecule has 3 heterocycles. The number of Topliss-reactive ketones (excluding diaryl/α,β-unsaturated/α-hetero) is 1. The Bertz CT molecular complexity index is 1980. The Hall–Kier alpha value is -4.99. The number of aromatic hydroxyl groups is 1. The predicted molar refractivity (Wildman–Crippen MR) is 206 cm³/mol. The molecule has 304 valence electrons. The van der Waals surface area contributed by atoms with Crippen molar-refractivity contribution < 1.29 is 53.9 Å². The smallest absolute Gasteiger partial charge is 0.302 e. The Kier molecular flexibility index (Phi) is 11.9. The second-order valence-electron chi connectivity index (χ2n) is 16.0. The minimum absolute atomic E-state index is 0.0895. The van der Waals surface area contributed by atoms with Gasteiger partial charge < -0.3 is 50.1 Å². The lowest BCUT2D eigenvalue weighted by Crippen LogP contribution is -2.47. The molecule has 15 heteroatoms. The molecule has 0 saturated heterocycles. The van der Waals surface area contributed by atoms with E-state index in [9.17, 15) is 34.9 Å². The summed E-state index contributed by atoms with van der Waals surface area (Å²) >= 11 is 0. The number of ketones is 1. The number of aliphatic imine (C=N–C) groups is 1. The molecule has 0 spiro atoms. The van der Waals surface area contributed by atoms with Crippen molar-refractivity contribution in [3.63, 3.8) is 0 Å². The van der Waals surface area contributed by atoms with Crippen LogP contribution in [-0.4, -0.2) is 99.0 Å². The summed E-state index contributed by atoms with van der Waals surface area (Å²) < 4.78 is 24.0. The minimum Gasteiger partial charge on any atom is -0.507 e. The van der Waals surface area contributed by atoms with Crippen LogP contribution in [0.5, 0.6) is 11.5 Å². The number of carbonyl (C=O) groups excluding carboxylic acids is 3. The number of phenolic OH excluding ortho intramolecular Hbond substituents is 1. The van der Waals surface area contributed by atoms with Crippen molar-refractivity contribution in [3.8, 4) is 11.5 Å². The van der Waals surface area contributed by atoms with Crippen LogP contribution in [0.4, 0.5) is 0 Å². The predicted octanol–water partition coefficient (Wildman–Crippen LogP) is 3.94. The first-order valence-electron chi connectivity index (χ1n) is 18.7. The van der Waals surface area contributed by atoms with E-state index in [1.807, 2.05) is 13.8 Å². The van der Waals surface area contributed by atoms with Gasteiger partial charge in [0.25, 0.3) is 11.7 Å². The van der Waals surface area contributed by atoms with E-state index in [0.717, 1.165) is 0 Å². The maximum atomic E-state index is 14.4. The average Bonchev–Trinajstić information content (AvgIpc) is 3.44. The number of methoxy groups -OCH3 is 1. The number of aliphatic hydroxyl groups is 2. The Morgan fingerprint density at radius 3 is 2.29 bits per heavy atom. The number of aliphatic hydroxyl groups excluding tert-OH is 2. The summed E-state index contributed by atoms with van der Waals surface area (Å²) in [6, 6.07) is 0. The van der Waals surface area contributed by atoms with E-state index in [1.54, 1.807) is 59.8 Å². The summed E-state index contributed by atoms with van der Waals surface area (Å²) in [5.41, 5.74) is -0.00599. The zero-order valence-electron chi connectivity index (χ0n) is 33.8. The number of carbonyl (C=O) groups is 3. The molecule has 6 N–H and O–H groups in total. The van der Waals surface area contributed by atoms with E-state index < -0.39 is 82.8 Å². The van der Waals surface area contributed by atoms with Gasteiger partial charge in [0.2, 0.25) is 5.78 Å². The minimum atomic E-state index is -1.81. The van der Waals surface area contributed by atoms with Crippen LogP contribution in [0.3, 0.4) is 0 Å². The van der Waals surface area contributed by atoms with Crippen molar-refractivity contribution in [2.75, 3.05) is 13.7 Å². The lowest BCUT2D eigenvalue weighted by atomic mass is 9.78. The van der Waals surface area contributed by atoms with Crippen LogP contribution in [0.15, 0.2) is 57.7 Å². The summed E-state index contributed by atoms with van der Waals surface area (Å²) in [6.45, 7) is 16.9. The van der Waals surface area contributed by atoms with Gasteiger partial charge in [-0.15, -0.1) is 0 Å². The first-order valence-corrected chi connectivity index (χ1v) is 18.7. The fourth-order valence-corrected chi connectivity index (χ4v) is 7.79. The fraction of sp³-hybridized carbons (Fsp3) is 0.537. The molecule has 0 saturated carbocycles. The number of nitrogens with one attached hydrogen (secondary N) is 2. The number of oxime groups is 1. The SMILES string of the molecule is CO[C@H]1/C=C/O[C@@]2(C)Oc3c(C)c(O)c4c(c3/C2=N/O)C2=NC(C)(C)CNC2=C(NC(=O)/C(C)=C\C=C\[C@H](C)[C@H](O)[C@@H](C)[C@@H](O)[C@@H](C)[C@H](OC(C)=O)[C@@H]1C)C4=O.